The van der Waals surface area contributed by atoms with E-state index in [1.807, 2.05) is 0 Å². The minimum absolute atomic E-state index is 0.147. The lowest BCUT2D eigenvalue weighted by Gasteiger charge is -2.39. The molecule has 6 heteroatoms. The third-order valence-corrected chi connectivity index (χ3v) is 4.13. The van der Waals surface area contributed by atoms with Crippen LogP contribution in [0.25, 0.3) is 0 Å². The van der Waals surface area contributed by atoms with Crippen molar-refractivity contribution >= 4 is 29.0 Å². The molecule has 0 saturated carbocycles. The van der Waals surface area contributed by atoms with E-state index < -0.39 is 0 Å². The fraction of sp³-hybridized carbons (Fsp3) is 0.727. The molecule has 1 aromatic heterocycles. The molecule has 0 unspecified atom stereocenters. The molecule has 0 bridgehead atoms. The summed E-state index contributed by atoms with van der Waals surface area (Å²) in [5, 5.41) is 7.89. The van der Waals surface area contributed by atoms with E-state index in [1.165, 1.54) is 6.42 Å². The third-order valence-electron chi connectivity index (χ3n) is 3.73. The number of nitrogens with zero attached hydrogens (tertiary/aromatic N) is 4. The molecule has 0 atom stereocenters. The largest absolute Gasteiger partial charge is 0.354 e. The smallest absolute Gasteiger partial charge is 0.245 e. The first kappa shape index (κ1) is 12.8. The Morgan fingerprint density at radius 1 is 1.24 bits per heavy atom. The van der Waals surface area contributed by atoms with Crippen LogP contribution in [0.4, 0.5) is 5.82 Å². The highest BCUT2D eigenvalue weighted by Crippen LogP contribution is 2.36. The van der Waals surface area contributed by atoms with Crippen LogP contribution in [0.1, 0.15) is 33.1 Å². The van der Waals surface area contributed by atoms with Crippen molar-refractivity contribution in [1.82, 2.24) is 15.2 Å². The number of hydrogen-bond donors (Lipinski definition) is 0. The van der Waals surface area contributed by atoms with Gasteiger partial charge in [-0.25, -0.2) is 0 Å². The number of piperidine rings is 1. The maximum atomic E-state index is 6.00. The molecular weight excluding hydrogens is 259 g/mol. The van der Waals surface area contributed by atoms with Crippen molar-refractivity contribution < 1.29 is 0 Å². The van der Waals surface area contributed by atoms with Crippen LogP contribution in [0.3, 0.4) is 0 Å². The summed E-state index contributed by atoms with van der Waals surface area (Å²) in [7, 11) is 0. The molecule has 0 aromatic carbocycles. The van der Waals surface area contributed by atoms with E-state index in [-0.39, 0.29) is 5.28 Å². The molecule has 1 fully saturated rings. The van der Waals surface area contributed by atoms with Crippen molar-refractivity contribution in [3.05, 3.63) is 10.4 Å². The number of aromatic nitrogens is 3. The van der Waals surface area contributed by atoms with E-state index in [1.54, 1.807) is 0 Å². The van der Waals surface area contributed by atoms with Crippen molar-refractivity contribution in [3.8, 4) is 0 Å². The van der Waals surface area contributed by atoms with Gasteiger partial charge in [0.25, 0.3) is 0 Å². The van der Waals surface area contributed by atoms with Gasteiger partial charge in [0.2, 0.25) is 5.28 Å². The zero-order chi connectivity index (χ0) is 12.5. The van der Waals surface area contributed by atoms with Gasteiger partial charge in [-0.1, -0.05) is 31.9 Å². The summed E-state index contributed by atoms with van der Waals surface area (Å²) in [5.41, 5.74) is 0.438. The number of halogens is 2. The van der Waals surface area contributed by atoms with Crippen LogP contribution in [-0.2, 0) is 0 Å². The average Bonchev–Trinajstić information content (AvgIpc) is 2.34. The van der Waals surface area contributed by atoms with Crippen molar-refractivity contribution in [2.24, 2.45) is 5.41 Å². The molecule has 0 aliphatic carbocycles. The topological polar surface area (TPSA) is 41.9 Å². The molecular formula is C11H16Cl2N4. The fourth-order valence-corrected chi connectivity index (χ4v) is 2.42. The molecule has 94 valence electrons. The van der Waals surface area contributed by atoms with Crippen LogP contribution in [0.5, 0.6) is 0 Å². The Morgan fingerprint density at radius 3 is 2.47 bits per heavy atom. The zero-order valence-electron chi connectivity index (χ0n) is 10.1. The quantitative estimate of drug-likeness (QED) is 0.831. The van der Waals surface area contributed by atoms with Gasteiger partial charge in [-0.2, -0.15) is 4.98 Å². The molecule has 0 N–H and O–H groups in total. The number of anilines is 1. The molecule has 2 rings (SSSR count). The van der Waals surface area contributed by atoms with Crippen molar-refractivity contribution in [2.75, 3.05) is 18.0 Å². The Hall–Kier alpha value is -0.610. The number of rotatable bonds is 2. The second-order valence-corrected chi connectivity index (χ2v) is 5.54. The first-order valence-electron chi connectivity index (χ1n) is 5.85. The monoisotopic (exact) mass is 274 g/mol. The predicted molar refractivity (Wildman–Crippen MR) is 69.7 cm³/mol. The van der Waals surface area contributed by atoms with Gasteiger partial charge in [-0.3, -0.25) is 0 Å². The van der Waals surface area contributed by atoms with Gasteiger partial charge < -0.3 is 4.90 Å². The van der Waals surface area contributed by atoms with E-state index in [4.69, 9.17) is 23.2 Å². The van der Waals surface area contributed by atoms with Crippen LogP contribution in [0, 0.1) is 5.41 Å². The molecule has 17 heavy (non-hydrogen) atoms. The molecule has 1 aromatic rings. The zero-order valence-corrected chi connectivity index (χ0v) is 11.6. The first-order chi connectivity index (χ1) is 8.04. The van der Waals surface area contributed by atoms with E-state index in [0.29, 0.717) is 16.4 Å². The van der Waals surface area contributed by atoms with Gasteiger partial charge in [0.1, 0.15) is 0 Å². The minimum atomic E-state index is 0.147. The van der Waals surface area contributed by atoms with Crippen molar-refractivity contribution in [3.63, 3.8) is 0 Å². The lowest BCUT2D eigenvalue weighted by atomic mass is 9.78. The summed E-state index contributed by atoms with van der Waals surface area (Å²) in [4.78, 5) is 6.29. The molecule has 0 amide bonds. The first-order valence-corrected chi connectivity index (χ1v) is 6.60. The van der Waals surface area contributed by atoms with Gasteiger partial charge in [-0.05, 0) is 29.9 Å². The highest BCUT2D eigenvalue weighted by molar-refractivity contribution is 6.32. The summed E-state index contributed by atoms with van der Waals surface area (Å²) in [6.07, 6.45) is 3.49. The van der Waals surface area contributed by atoms with Crippen molar-refractivity contribution in [2.45, 2.75) is 33.1 Å². The molecule has 0 spiro atoms. The van der Waals surface area contributed by atoms with Crippen LogP contribution < -0.4 is 4.90 Å². The lowest BCUT2D eigenvalue weighted by molar-refractivity contribution is 0.237. The molecule has 4 nitrogen and oxygen atoms in total. The Labute approximate surface area is 111 Å². The third kappa shape index (κ3) is 2.80. The Balaban J connectivity index is 2.13. The van der Waals surface area contributed by atoms with Gasteiger partial charge >= 0.3 is 0 Å². The van der Waals surface area contributed by atoms with E-state index in [9.17, 15) is 0 Å². The van der Waals surface area contributed by atoms with Crippen molar-refractivity contribution in [1.29, 1.82) is 0 Å². The molecule has 1 saturated heterocycles. The second kappa shape index (κ2) is 4.94. The van der Waals surface area contributed by atoms with Crippen LogP contribution in [0.2, 0.25) is 10.4 Å². The van der Waals surface area contributed by atoms with Gasteiger partial charge in [0.15, 0.2) is 11.0 Å². The number of hydrogen-bond acceptors (Lipinski definition) is 4. The lowest BCUT2D eigenvalue weighted by Crippen LogP contribution is -2.39. The Kier molecular flexibility index (Phi) is 3.73. The average molecular weight is 275 g/mol. The highest BCUT2D eigenvalue weighted by Gasteiger charge is 2.29. The van der Waals surface area contributed by atoms with Crippen LogP contribution >= 0.6 is 23.2 Å². The standard InChI is InChI=1S/C11H16Cl2N4/c1-3-11(2)4-6-17(7-5-11)9-8(12)15-16-10(13)14-9/h3-7H2,1-2H3. The maximum Gasteiger partial charge on any atom is 0.245 e. The Morgan fingerprint density at radius 2 is 1.88 bits per heavy atom. The minimum Gasteiger partial charge on any atom is -0.354 e. The Bertz CT molecular complexity index is 402. The van der Waals surface area contributed by atoms with E-state index in [2.05, 4.69) is 33.9 Å². The van der Waals surface area contributed by atoms with E-state index >= 15 is 0 Å². The highest BCUT2D eigenvalue weighted by atomic mass is 35.5. The predicted octanol–water partition coefficient (Wildman–Crippen LogP) is 3.19. The molecule has 1 aliphatic heterocycles. The van der Waals surface area contributed by atoms with Gasteiger partial charge in [0, 0.05) is 13.1 Å². The fourth-order valence-electron chi connectivity index (χ4n) is 2.10. The van der Waals surface area contributed by atoms with Gasteiger partial charge in [0.05, 0.1) is 0 Å². The normalized spacial score (nSPS) is 19.4. The van der Waals surface area contributed by atoms with Gasteiger partial charge in [-0.15, -0.1) is 10.2 Å². The summed E-state index contributed by atoms with van der Waals surface area (Å²) >= 11 is 11.7. The van der Waals surface area contributed by atoms with Crippen LogP contribution in [0.15, 0.2) is 0 Å². The molecule has 2 heterocycles. The second-order valence-electron chi connectivity index (χ2n) is 4.85. The molecule has 0 radical (unpaired) electrons. The van der Waals surface area contributed by atoms with E-state index in [0.717, 1.165) is 25.9 Å². The maximum absolute atomic E-state index is 6.00. The van der Waals surface area contributed by atoms with Crippen LogP contribution in [-0.4, -0.2) is 28.3 Å². The SMILES string of the molecule is CCC1(C)CCN(c2nc(Cl)nnc2Cl)CC1. The molecule has 1 aliphatic rings. The summed E-state index contributed by atoms with van der Waals surface area (Å²) in [5.74, 6) is 0.657. The summed E-state index contributed by atoms with van der Waals surface area (Å²) < 4.78 is 0. The summed E-state index contributed by atoms with van der Waals surface area (Å²) in [6.45, 7) is 6.46. The summed E-state index contributed by atoms with van der Waals surface area (Å²) in [6, 6.07) is 0.